The van der Waals surface area contributed by atoms with Crippen LogP contribution in [-0.2, 0) is 14.3 Å². The molecule has 0 spiro atoms. The van der Waals surface area contributed by atoms with Gasteiger partial charge >= 0.3 is 5.97 Å². The van der Waals surface area contributed by atoms with E-state index in [1.165, 1.54) is 161 Å². The first-order chi connectivity index (χ1) is 33.5. The molecule has 0 aliphatic rings. The third-order valence-electron chi connectivity index (χ3n) is 13.1. The van der Waals surface area contributed by atoms with Crippen molar-refractivity contribution >= 4 is 11.9 Å². The maximum Gasteiger partial charge on any atom is 0.306 e. The van der Waals surface area contributed by atoms with E-state index in [9.17, 15) is 19.8 Å². The SMILES string of the molecule is CCC/C=C/C=C/C=C/C=C/C=C/CCCCCC(CC(=O)NC(CO)C(O)CCCCCCCCCCCCCCCCCCC)OC(=O)CCCCCCC/C=C/CCCCCCCCC. The van der Waals surface area contributed by atoms with Crippen LogP contribution in [0.2, 0.25) is 0 Å². The Bertz CT molecular complexity index is 1250. The summed E-state index contributed by atoms with van der Waals surface area (Å²) >= 11 is 0. The van der Waals surface area contributed by atoms with Crippen LogP contribution in [0.5, 0.6) is 0 Å². The second kappa shape index (κ2) is 55.2. The van der Waals surface area contributed by atoms with Gasteiger partial charge in [-0.15, -0.1) is 0 Å². The minimum absolute atomic E-state index is 0.0446. The molecule has 0 saturated heterocycles. The third-order valence-corrected chi connectivity index (χ3v) is 13.1. The van der Waals surface area contributed by atoms with Gasteiger partial charge in [-0.1, -0.05) is 273 Å². The molecule has 0 aromatic carbocycles. The normalized spacial score (nSPS) is 13.7. The lowest BCUT2D eigenvalue weighted by Crippen LogP contribution is -2.46. The molecule has 0 fully saturated rings. The number of carbonyl (C=O) groups is 2. The Balaban J connectivity index is 4.63. The van der Waals surface area contributed by atoms with Crippen molar-refractivity contribution in [1.82, 2.24) is 5.32 Å². The molecule has 1 amide bonds. The lowest BCUT2D eigenvalue weighted by atomic mass is 10.0. The van der Waals surface area contributed by atoms with Crippen LogP contribution in [0.4, 0.5) is 0 Å². The van der Waals surface area contributed by atoms with Gasteiger partial charge in [-0.2, -0.15) is 0 Å². The molecule has 0 rings (SSSR count). The van der Waals surface area contributed by atoms with Crippen LogP contribution in [0.3, 0.4) is 0 Å². The quantitative estimate of drug-likeness (QED) is 0.0244. The molecular weight excluding hydrogens is 839 g/mol. The van der Waals surface area contributed by atoms with Crippen molar-refractivity contribution in [2.24, 2.45) is 0 Å². The van der Waals surface area contributed by atoms with Gasteiger partial charge in [0.1, 0.15) is 6.10 Å². The maximum atomic E-state index is 13.3. The van der Waals surface area contributed by atoms with Crippen LogP contribution in [0, 0.1) is 0 Å². The zero-order chi connectivity index (χ0) is 49.5. The molecule has 0 radical (unpaired) electrons. The Hall–Kier alpha value is -2.70. The highest BCUT2D eigenvalue weighted by Crippen LogP contribution is 2.18. The lowest BCUT2D eigenvalue weighted by Gasteiger charge is -2.24. The number of amides is 1. The van der Waals surface area contributed by atoms with Crippen LogP contribution in [0.25, 0.3) is 0 Å². The van der Waals surface area contributed by atoms with Crippen molar-refractivity contribution in [3.05, 3.63) is 72.9 Å². The molecule has 0 saturated carbocycles. The molecule has 3 N–H and O–H groups in total. The first kappa shape index (κ1) is 65.3. The van der Waals surface area contributed by atoms with E-state index in [2.05, 4.69) is 62.5 Å². The smallest absolute Gasteiger partial charge is 0.306 e. The molecule has 3 unspecified atom stereocenters. The van der Waals surface area contributed by atoms with Crippen molar-refractivity contribution in [3.63, 3.8) is 0 Å². The highest BCUT2D eigenvalue weighted by molar-refractivity contribution is 5.77. The molecule has 6 nitrogen and oxygen atoms in total. The average molecular weight is 951 g/mol. The van der Waals surface area contributed by atoms with E-state index in [-0.39, 0.29) is 24.9 Å². The van der Waals surface area contributed by atoms with Crippen molar-refractivity contribution in [2.45, 2.75) is 302 Å². The molecule has 394 valence electrons. The van der Waals surface area contributed by atoms with Gasteiger partial charge in [0.25, 0.3) is 0 Å². The number of allylic oxidation sites excluding steroid dienone is 12. The Kier molecular flexibility index (Phi) is 53.0. The lowest BCUT2D eigenvalue weighted by molar-refractivity contribution is -0.151. The van der Waals surface area contributed by atoms with Crippen LogP contribution in [0.15, 0.2) is 72.9 Å². The summed E-state index contributed by atoms with van der Waals surface area (Å²) in [6.07, 6.45) is 71.1. The number of hydrogen-bond donors (Lipinski definition) is 3. The number of esters is 1. The fourth-order valence-corrected chi connectivity index (χ4v) is 8.69. The number of aliphatic hydroxyl groups is 2. The number of nitrogens with one attached hydrogen (secondary N) is 1. The number of carbonyl (C=O) groups excluding carboxylic acids is 2. The number of unbranched alkanes of at least 4 members (excludes halogenated alkanes) is 32. The Morgan fingerprint density at radius 3 is 1.25 bits per heavy atom. The van der Waals surface area contributed by atoms with Crippen LogP contribution in [-0.4, -0.2) is 46.9 Å². The van der Waals surface area contributed by atoms with Gasteiger partial charge in [0.2, 0.25) is 5.91 Å². The highest BCUT2D eigenvalue weighted by Gasteiger charge is 2.24. The first-order valence-electron chi connectivity index (χ1n) is 29.2. The van der Waals surface area contributed by atoms with Gasteiger partial charge in [0, 0.05) is 6.42 Å². The van der Waals surface area contributed by atoms with Crippen LogP contribution >= 0.6 is 0 Å². The summed E-state index contributed by atoms with van der Waals surface area (Å²) in [5.41, 5.74) is 0. The topological polar surface area (TPSA) is 95.9 Å². The van der Waals surface area contributed by atoms with Crippen LogP contribution < -0.4 is 5.32 Å². The van der Waals surface area contributed by atoms with Crippen molar-refractivity contribution < 1.29 is 24.5 Å². The number of rotatable bonds is 52. The van der Waals surface area contributed by atoms with Crippen LogP contribution in [0.1, 0.15) is 284 Å². The predicted octanol–water partition coefficient (Wildman–Crippen LogP) is 18.1. The van der Waals surface area contributed by atoms with Gasteiger partial charge in [-0.25, -0.2) is 0 Å². The number of ether oxygens (including phenoxy) is 1. The fourth-order valence-electron chi connectivity index (χ4n) is 8.69. The van der Waals surface area contributed by atoms with Crippen molar-refractivity contribution in [3.8, 4) is 0 Å². The van der Waals surface area contributed by atoms with Gasteiger partial charge in [-0.3, -0.25) is 9.59 Å². The minimum atomic E-state index is -0.805. The zero-order valence-corrected chi connectivity index (χ0v) is 45.0. The molecule has 0 bridgehead atoms. The van der Waals surface area contributed by atoms with Gasteiger partial charge in [0.05, 0.1) is 25.2 Å². The molecular formula is C62H111NO5. The summed E-state index contributed by atoms with van der Waals surface area (Å²) in [5, 5.41) is 23.9. The Morgan fingerprint density at radius 2 is 0.794 bits per heavy atom. The molecule has 3 atom stereocenters. The second-order valence-corrected chi connectivity index (χ2v) is 19.8. The van der Waals surface area contributed by atoms with E-state index in [1.54, 1.807) is 0 Å². The fraction of sp³-hybridized carbons (Fsp3) is 0.774. The summed E-state index contributed by atoms with van der Waals surface area (Å²) in [6, 6.07) is -0.721. The zero-order valence-electron chi connectivity index (χ0n) is 45.0. The van der Waals surface area contributed by atoms with E-state index in [0.717, 1.165) is 77.0 Å². The third kappa shape index (κ3) is 49.7. The molecule has 0 aliphatic carbocycles. The molecule has 0 aromatic rings. The monoisotopic (exact) mass is 950 g/mol. The molecule has 68 heavy (non-hydrogen) atoms. The number of hydrogen-bond acceptors (Lipinski definition) is 5. The summed E-state index contributed by atoms with van der Waals surface area (Å²) < 4.78 is 5.94. The second-order valence-electron chi connectivity index (χ2n) is 19.8. The molecule has 6 heteroatoms. The van der Waals surface area contributed by atoms with E-state index in [4.69, 9.17) is 4.74 Å². The van der Waals surface area contributed by atoms with E-state index in [1.807, 2.05) is 36.5 Å². The summed E-state index contributed by atoms with van der Waals surface area (Å²) in [7, 11) is 0. The van der Waals surface area contributed by atoms with Crippen molar-refractivity contribution in [1.29, 1.82) is 0 Å². The molecule has 0 aromatic heterocycles. The van der Waals surface area contributed by atoms with E-state index >= 15 is 0 Å². The standard InChI is InChI=1S/C62H111NO5/c1-4-7-10-13-16-19-22-25-28-31-33-36-39-42-45-48-51-54-60(65)59(57-64)63-61(66)56-58(53-50-47-44-41-38-35-32-29-26-23-20-17-14-11-8-5-2)68-62(67)55-52-49-46-43-40-37-34-30-27-24-21-18-15-12-9-6-3/h11,14,17,20,23,26,29-30,32,34-35,38,58-60,64-65H,4-10,12-13,15-16,18-19,21-22,24-25,27-28,31,33,36-37,39-57H2,1-3H3,(H,63,66)/b14-11+,20-17+,26-23+,32-29+,34-30+,38-35+. The van der Waals surface area contributed by atoms with Gasteiger partial charge in [0.15, 0.2) is 0 Å². The van der Waals surface area contributed by atoms with Gasteiger partial charge in [-0.05, 0) is 70.6 Å². The summed E-state index contributed by atoms with van der Waals surface area (Å²) in [5.74, 6) is -0.521. The highest BCUT2D eigenvalue weighted by atomic mass is 16.5. The van der Waals surface area contributed by atoms with E-state index < -0.39 is 18.2 Å². The van der Waals surface area contributed by atoms with Crippen molar-refractivity contribution in [2.75, 3.05) is 6.61 Å². The number of aliphatic hydroxyl groups excluding tert-OH is 2. The van der Waals surface area contributed by atoms with E-state index in [0.29, 0.717) is 19.3 Å². The average Bonchev–Trinajstić information content (AvgIpc) is 3.33. The predicted molar refractivity (Wildman–Crippen MR) is 296 cm³/mol. The molecule has 0 heterocycles. The maximum absolute atomic E-state index is 13.3. The Labute approximate surface area is 421 Å². The largest absolute Gasteiger partial charge is 0.462 e. The van der Waals surface area contributed by atoms with Gasteiger partial charge < -0.3 is 20.3 Å². The summed E-state index contributed by atoms with van der Waals surface area (Å²) in [6.45, 7) is 6.41. The molecule has 0 aliphatic heterocycles. The minimum Gasteiger partial charge on any atom is -0.462 e. The Morgan fingerprint density at radius 1 is 0.426 bits per heavy atom. The first-order valence-corrected chi connectivity index (χ1v) is 29.2. The summed E-state index contributed by atoms with van der Waals surface area (Å²) in [4.78, 5) is 26.3.